The van der Waals surface area contributed by atoms with E-state index in [0.29, 0.717) is 6.04 Å². The Kier molecular flexibility index (Phi) is 4.83. The molecule has 2 aliphatic rings. The molecule has 5 heteroatoms. The average molecular weight is 303 g/mol. The van der Waals surface area contributed by atoms with Gasteiger partial charge < -0.3 is 20.3 Å². The van der Waals surface area contributed by atoms with E-state index in [1.54, 1.807) is 7.11 Å². The molecule has 3 rings (SSSR count). The molecule has 0 aromatic heterocycles. The lowest BCUT2D eigenvalue weighted by atomic mass is 10.1. The Morgan fingerprint density at radius 2 is 2.05 bits per heavy atom. The summed E-state index contributed by atoms with van der Waals surface area (Å²) >= 11 is 0. The maximum atomic E-state index is 12.3. The van der Waals surface area contributed by atoms with Crippen LogP contribution in [0.2, 0.25) is 0 Å². The third-order valence-corrected chi connectivity index (χ3v) is 4.50. The van der Waals surface area contributed by atoms with Gasteiger partial charge in [-0.05, 0) is 50.3 Å². The number of benzene rings is 1. The van der Waals surface area contributed by atoms with Crippen LogP contribution in [0.5, 0.6) is 5.75 Å². The number of ether oxygens (including phenoxy) is 1. The van der Waals surface area contributed by atoms with Crippen LogP contribution < -0.4 is 15.4 Å². The number of urea groups is 1. The maximum absolute atomic E-state index is 12.3. The number of piperidine rings is 1. The third kappa shape index (κ3) is 4.13. The molecular weight excluding hydrogens is 278 g/mol. The number of carbonyl (C=O) groups excluding carboxylic acids is 1. The molecule has 0 bridgehead atoms. The molecule has 1 aliphatic heterocycles. The number of anilines is 1. The molecule has 2 fully saturated rings. The minimum absolute atomic E-state index is 0.0195. The zero-order chi connectivity index (χ0) is 15.4. The molecule has 22 heavy (non-hydrogen) atoms. The van der Waals surface area contributed by atoms with Crippen LogP contribution in [0.25, 0.3) is 0 Å². The van der Waals surface area contributed by atoms with Gasteiger partial charge in [0.2, 0.25) is 0 Å². The molecule has 1 saturated carbocycles. The van der Waals surface area contributed by atoms with E-state index in [9.17, 15) is 4.79 Å². The van der Waals surface area contributed by atoms with Crippen molar-refractivity contribution < 1.29 is 9.53 Å². The standard InChI is InChI=1S/C17H25N3O2/c1-22-16-4-2-3-15(11-16)19-17(21)20-9-7-14(8-10-20)18-12-13-5-6-13/h2-4,11,13-14,18H,5-10,12H2,1H3,(H,19,21). The second-order valence-corrected chi connectivity index (χ2v) is 6.28. The highest BCUT2D eigenvalue weighted by atomic mass is 16.5. The minimum Gasteiger partial charge on any atom is -0.497 e. The fraction of sp³-hybridized carbons (Fsp3) is 0.588. The Bertz CT molecular complexity index is 508. The molecule has 1 aromatic rings. The lowest BCUT2D eigenvalue weighted by Crippen LogP contribution is -2.46. The van der Waals surface area contributed by atoms with Gasteiger partial charge in [0, 0.05) is 30.9 Å². The van der Waals surface area contributed by atoms with E-state index < -0.39 is 0 Å². The Labute approximate surface area is 132 Å². The van der Waals surface area contributed by atoms with Crippen molar-refractivity contribution in [2.45, 2.75) is 31.7 Å². The number of likely N-dealkylation sites (tertiary alicyclic amines) is 1. The van der Waals surface area contributed by atoms with Crippen molar-refractivity contribution in [1.82, 2.24) is 10.2 Å². The molecule has 0 unspecified atom stereocenters. The van der Waals surface area contributed by atoms with Gasteiger partial charge in [0.25, 0.3) is 0 Å². The first-order chi connectivity index (χ1) is 10.7. The second-order valence-electron chi connectivity index (χ2n) is 6.28. The SMILES string of the molecule is COc1cccc(NC(=O)N2CCC(NCC3CC3)CC2)c1. The summed E-state index contributed by atoms with van der Waals surface area (Å²) in [4.78, 5) is 14.2. The summed E-state index contributed by atoms with van der Waals surface area (Å²) in [5, 5.41) is 6.58. The van der Waals surface area contributed by atoms with Gasteiger partial charge in [-0.25, -0.2) is 4.79 Å². The van der Waals surface area contributed by atoms with Crippen LogP contribution in [0, 0.1) is 5.92 Å². The normalized spacial score (nSPS) is 19.0. The Hall–Kier alpha value is -1.75. The predicted octanol–water partition coefficient (Wildman–Crippen LogP) is 2.69. The van der Waals surface area contributed by atoms with E-state index in [4.69, 9.17) is 4.74 Å². The first-order valence-corrected chi connectivity index (χ1v) is 8.18. The summed E-state index contributed by atoms with van der Waals surface area (Å²) in [5.41, 5.74) is 0.776. The van der Waals surface area contributed by atoms with Crippen molar-refractivity contribution in [1.29, 1.82) is 0 Å². The fourth-order valence-corrected chi connectivity index (χ4v) is 2.85. The maximum Gasteiger partial charge on any atom is 0.321 e. The van der Waals surface area contributed by atoms with Gasteiger partial charge in [0.1, 0.15) is 5.75 Å². The molecule has 5 nitrogen and oxygen atoms in total. The first kappa shape index (κ1) is 15.2. The highest BCUT2D eigenvalue weighted by Crippen LogP contribution is 2.28. The highest BCUT2D eigenvalue weighted by molar-refractivity contribution is 5.89. The average Bonchev–Trinajstić information content (AvgIpc) is 3.38. The summed E-state index contributed by atoms with van der Waals surface area (Å²) < 4.78 is 5.17. The molecule has 2 N–H and O–H groups in total. The Morgan fingerprint density at radius 3 is 2.73 bits per heavy atom. The van der Waals surface area contributed by atoms with Crippen LogP contribution >= 0.6 is 0 Å². The monoisotopic (exact) mass is 303 g/mol. The number of carbonyl (C=O) groups is 1. The van der Waals surface area contributed by atoms with Gasteiger partial charge in [0.05, 0.1) is 7.11 Å². The molecule has 120 valence electrons. The van der Waals surface area contributed by atoms with E-state index in [1.165, 1.54) is 12.8 Å². The van der Waals surface area contributed by atoms with Crippen molar-refractivity contribution >= 4 is 11.7 Å². The van der Waals surface area contributed by atoms with Crippen LogP contribution in [0.3, 0.4) is 0 Å². The van der Waals surface area contributed by atoms with Crippen LogP contribution in [-0.4, -0.2) is 43.7 Å². The summed E-state index contributed by atoms with van der Waals surface area (Å²) in [6.45, 7) is 2.79. The van der Waals surface area contributed by atoms with Gasteiger partial charge in [-0.2, -0.15) is 0 Å². The van der Waals surface area contributed by atoms with Gasteiger partial charge in [-0.1, -0.05) is 6.07 Å². The van der Waals surface area contributed by atoms with Crippen LogP contribution in [0.4, 0.5) is 10.5 Å². The van der Waals surface area contributed by atoms with E-state index in [2.05, 4.69) is 10.6 Å². The number of hydrogen-bond donors (Lipinski definition) is 2. The van der Waals surface area contributed by atoms with Gasteiger partial charge in [-0.15, -0.1) is 0 Å². The third-order valence-electron chi connectivity index (χ3n) is 4.50. The smallest absolute Gasteiger partial charge is 0.321 e. The summed E-state index contributed by atoms with van der Waals surface area (Å²) in [6.07, 6.45) is 4.85. The molecule has 1 aromatic carbocycles. The lowest BCUT2D eigenvalue weighted by molar-refractivity contribution is 0.189. The van der Waals surface area contributed by atoms with E-state index in [0.717, 1.165) is 49.8 Å². The minimum atomic E-state index is -0.0195. The molecular formula is C17H25N3O2. The highest BCUT2D eigenvalue weighted by Gasteiger charge is 2.25. The molecule has 0 spiro atoms. The summed E-state index contributed by atoms with van der Waals surface area (Å²) in [6, 6.07) is 8.01. The van der Waals surface area contributed by atoms with E-state index in [1.807, 2.05) is 29.2 Å². The molecule has 1 aliphatic carbocycles. The van der Waals surface area contributed by atoms with Crippen molar-refractivity contribution in [2.24, 2.45) is 5.92 Å². The van der Waals surface area contributed by atoms with Gasteiger partial charge in [-0.3, -0.25) is 0 Å². The van der Waals surface area contributed by atoms with Gasteiger partial charge >= 0.3 is 6.03 Å². The van der Waals surface area contributed by atoms with Crippen molar-refractivity contribution in [2.75, 3.05) is 32.1 Å². The second kappa shape index (κ2) is 7.01. The number of nitrogens with one attached hydrogen (secondary N) is 2. The number of rotatable bonds is 5. The Balaban J connectivity index is 1.44. The largest absolute Gasteiger partial charge is 0.497 e. The molecule has 0 radical (unpaired) electrons. The lowest BCUT2D eigenvalue weighted by Gasteiger charge is -2.32. The van der Waals surface area contributed by atoms with E-state index >= 15 is 0 Å². The van der Waals surface area contributed by atoms with Crippen LogP contribution in [0.15, 0.2) is 24.3 Å². The van der Waals surface area contributed by atoms with Crippen LogP contribution in [0.1, 0.15) is 25.7 Å². The zero-order valence-corrected chi connectivity index (χ0v) is 13.2. The Morgan fingerprint density at radius 1 is 1.27 bits per heavy atom. The summed E-state index contributed by atoms with van der Waals surface area (Å²) in [5.74, 6) is 1.66. The topological polar surface area (TPSA) is 53.6 Å². The number of methoxy groups -OCH3 is 1. The molecule has 2 amide bonds. The van der Waals surface area contributed by atoms with E-state index in [-0.39, 0.29) is 6.03 Å². The summed E-state index contributed by atoms with van der Waals surface area (Å²) in [7, 11) is 1.63. The fourth-order valence-electron chi connectivity index (χ4n) is 2.85. The number of hydrogen-bond acceptors (Lipinski definition) is 3. The van der Waals surface area contributed by atoms with Crippen molar-refractivity contribution in [3.8, 4) is 5.75 Å². The number of nitrogens with zero attached hydrogens (tertiary/aromatic N) is 1. The molecule has 1 saturated heterocycles. The molecule has 0 atom stereocenters. The van der Waals surface area contributed by atoms with Crippen molar-refractivity contribution in [3.63, 3.8) is 0 Å². The predicted molar refractivity (Wildman–Crippen MR) is 87.3 cm³/mol. The number of amides is 2. The first-order valence-electron chi connectivity index (χ1n) is 8.18. The van der Waals surface area contributed by atoms with Crippen molar-refractivity contribution in [3.05, 3.63) is 24.3 Å². The van der Waals surface area contributed by atoms with Gasteiger partial charge in [0.15, 0.2) is 0 Å². The molecule has 1 heterocycles. The quantitative estimate of drug-likeness (QED) is 0.879. The van der Waals surface area contributed by atoms with Crippen LogP contribution in [-0.2, 0) is 0 Å². The zero-order valence-electron chi connectivity index (χ0n) is 13.2.